The number of benzene rings is 1. The average molecular weight is 364 g/mol. The van der Waals surface area contributed by atoms with Crippen molar-refractivity contribution in [1.29, 1.82) is 0 Å². The Morgan fingerprint density at radius 3 is 2.92 bits per heavy atom. The van der Waals surface area contributed by atoms with Gasteiger partial charge in [-0.15, -0.1) is 11.3 Å². The number of aliphatic imine (C=N–C) groups is 1. The highest BCUT2D eigenvalue weighted by Crippen LogP contribution is 2.13. The molecule has 0 fully saturated rings. The second-order valence-electron chi connectivity index (χ2n) is 5.64. The Balaban J connectivity index is 1.81. The predicted molar refractivity (Wildman–Crippen MR) is 101 cm³/mol. The SMILES string of the molecule is CCNC(=NCC(C)Oc1cccc(F)c1)NCCc1csc(C)n1. The fraction of sp³-hybridized carbons (Fsp3) is 0.444. The van der Waals surface area contributed by atoms with Gasteiger partial charge in [0.15, 0.2) is 5.96 Å². The number of ether oxygens (including phenoxy) is 1. The van der Waals surface area contributed by atoms with Crippen molar-refractivity contribution in [3.63, 3.8) is 0 Å². The van der Waals surface area contributed by atoms with Crippen molar-refractivity contribution in [3.05, 3.63) is 46.2 Å². The number of halogens is 1. The van der Waals surface area contributed by atoms with Crippen LogP contribution in [0.3, 0.4) is 0 Å². The molecule has 0 bridgehead atoms. The van der Waals surface area contributed by atoms with Crippen molar-refractivity contribution < 1.29 is 9.13 Å². The van der Waals surface area contributed by atoms with Crippen LogP contribution in [0, 0.1) is 12.7 Å². The Morgan fingerprint density at radius 2 is 2.24 bits per heavy atom. The monoisotopic (exact) mass is 364 g/mol. The molecular formula is C18H25FN4OS. The van der Waals surface area contributed by atoms with E-state index in [1.165, 1.54) is 12.1 Å². The lowest BCUT2D eigenvalue weighted by molar-refractivity contribution is 0.229. The molecule has 1 aromatic heterocycles. The minimum Gasteiger partial charge on any atom is -0.489 e. The van der Waals surface area contributed by atoms with Crippen LogP contribution in [0.25, 0.3) is 0 Å². The molecule has 0 aliphatic carbocycles. The van der Waals surface area contributed by atoms with E-state index >= 15 is 0 Å². The number of aryl methyl sites for hydroxylation is 1. The molecule has 2 rings (SSSR count). The van der Waals surface area contributed by atoms with Crippen molar-refractivity contribution in [1.82, 2.24) is 15.6 Å². The molecule has 0 aliphatic rings. The van der Waals surface area contributed by atoms with Gasteiger partial charge in [-0.25, -0.2) is 14.4 Å². The zero-order valence-corrected chi connectivity index (χ0v) is 15.7. The molecule has 0 amide bonds. The van der Waals surface area contributed by atoms with Gasteiger partial charge in [-0.2, -0.15) is 0 Å². The number of guanidine groups is 1. The fourth-order valence-corrected chi connectivity index (χ4v) is 2.85. The van der Waals surface area contributed by atoms with E-state index in [0.29, 0.717) is 12.3 Å². The molecule has 5 nitrogen and oxygen atoms in total. The number of aromatic nitrogens is 1. The van der Waals surface area contributed by atoms with Gasteiger partial charge >= 0.3 is 0 Å². The summed E-state index contributed by atoms with van der Waals surface area (Å²) >= 11 is 1.66. The van der Waals surface area contributed by atoms with Gasteiger partial charge in [0.05, 0.1) is 17.2 Å². The van der Waals surface area contributed by atoms with E-state index in [1.54, 1.807) is 23.5 Å². The van der Waals surface area contributed by atoms with Crippen LogP contribution in [0.15, 0.2) is 34.6 Å². The van der Waals surface area contributed by atoms with Gasteiger partial charge in [-0.3, -0.25) is 0 Å². The van der Waals surface area contributed by atoms with Crippen LogP contribution in [0.1, 0.15) is 24.5 Å². The Morgan fingerprint density at radius 1 is 1.40 bits per heavy atom. The Kier molecular flexibility index (Phi) is 7.66. The van der Waals surface area contributed by atoms with Crippen molar-refractivity contribution in [3.8, 4) is 5.75 Å². The molecule has 7 heteroatoms. The van der Waals surface area contributed by atoms with Crippen molar-refractivity contribution in [2.45, 2.75) is 33.3 Å². The Labute approximate surface area is 152 Å². The van der Waals surface area contributed by atoms with Gasteiger partial charge in [0, 0.05) is 31.0 Å². The summed E-state index contributed by atoms with van der Waals surface area (Å²) in [4.78, 5) is 8.98. The summed E-state index contributed by atoms with van der Waals surface area (Å²) in [5.74, 6) is 0.948. The van der Waals surface area contributed by atoms with E-state index in [0.717, 1.165) is 36.2 Å². The van der Waals surface area contributed by atoms with Crippen LogP contribution in [-0.4, -0.2) is 36.7 Å². The lowest BCUT2D eigenvalue weighted by Crippen LogP contribution is -2.39. The molecule has 0 radical (unpaired) electrons. The highest BCUT2D eigenvalue weighted by Gasteiger charge is 2.06. The van der Waals surface area contributed by atoms with Crippen LogP contribution >= 0.6 is 11.3 Å². The first kappa shape index (κ1) is 19.2. The molecular weight excluding hydrogens is 339 g/mol. The summed E-state index contributed by atoms with van der Waals surface area (Å²) in [6, 6.07) is 6.14. The summed E-state index contributed by atoms with van der Waals surface area (Å²) in [5.41, 5.74) is 1.09. The molecule has 2 aromatic rings. The number of hydrogen-bond acceptors (Lipinski definition) is 4. The van der Waals surface area contributed by atoms with Gasteiger partial charge < -0.3 is 15.4 Å². The molecule has 0 aliphatic heterocycles. The third kappa shape index (κ3) is 7.09. The van der Waals surface area contributed by atoms with E-state index in [1.807, 2.05) is 20.8 Å². The van der Waals surface area contributed by atoms with E-state index in [9.17, 15) is 4.39 Å². The number of hydrogen-bond donors (Lipinski definition) is 2. The van der Waals surface area contributed by atoms with E-state index in [4.69, 9.17) is 4.74 Å². The van der Waals surface area contributed by atoms with E-state index in [-0.39, 0.29) is 11.9 Å². The Bertz CT molecular complexity index is 689. The second-order valence-corrected chi connectivity index (χ2v) is 6.70. The predicted octanol–water partition coefficient (Wildman–Crippen LogP) is 3.16. The fourth-order valence-electron chi connectivity index (χ4n) is 2.20. The van der Waals surface area contributed by atoms with E-state index < -0.39 is 0 Å². The topological polar surface area (TPSA) is 58.5 Å². The van der Waals surface area contributed by atoms with Gasteiger partial charge in [-0.05, 0) is 32.9 Å². The van der Waals surface area contributed by atoms with Gasteiger partial charge in [-0.1, -0.05) is 6.07 Å². The second kappa shape index (κ2) is 9.98. The zero-order valence-electron chi connectivity index (χ0n) is 14.9. The molecule has 136 valence electrons. The molecule has 1 aromatic carbocycles. The van der Waals surface area contributed by atoms with Crippen molar-refractivity contribution in [2.75, 3.05) is 19.6 Å². The number of nitrogens with one attached hydrogen (secondary N) is 2. The molecule has 1 atom stereocenters. The molecule has 25 heavy (non-hydrogen) atoms. The van der Waals surface area contributed by atoms with Crippen LogP contribution in [0.2, 0.25) is 0 Å². The quantitative estimate of drug-likeness (QED) is 0.558. The minimum absolute atomic E-state index is 0.154. The maximum Gasteiger partial charge on any atom is 0.191 e. The van der Waals surface area contributed by atoms with Gasteiger partial charge in [0.25, 0.3) is 0 Å². The summed E-state index contributed by atoms with van der Waals surface area (Å²) in [6.07, 6.45) is 0.697. The third-order valence-corrected chi connectivity index (χ3v) is 4.15. The summed E-state index contributed by atoms with van der Waals surface area (Å²) in [7, 11) is 0. The van der Waals surface area contributed by atoms with Gasteiger partial charge in [0.1, 0.15) is 17.7 Å². The summed E-state index contributed by atoms with van der Waals surface area (Å²) in [5, 5.41) is 9.66. The number of nitrogens with zero attached hydrogens (tertiary/aromatic N) is 2. The molecule has 1 unspecified atom stereocenters. The largest absolute Gasteiger partial charge is 0.489 e. The highest BCUT2D eigenvalue weighted by molar-refractivity contribution is 7.09. The van der Waals surface area contributed by atoms with Crippen molar-refractivity contribution >= 4 is 17.3 Å². The molecule has 0 spiro atoms. The number of rotatable bonds is 8. The Hall–Kier alpha value is -2.15. The lowest BCUT2D eigenvalue weighted by Gasteiger charge is -2.15. The molecule has 2 N–H and O–H groups in total. The third-order valence-electron chi connectivity index (χ3n) is 3.32. The first-order valence-electron chi connectivity index (χ1n) is 8.42. The molecule has 1 heterocycles. The number of thiazole rings is 1. The summed E-state index contributed by atoms with van der Waals surface area (Å²) < 4.78 is 18.9. The van der Waals surface area contributed by atoms with Crippen LogP contribution in [0.4, 0.5) is 4.39 Å². The maximum atomic E-state index is 13.2. The van der Waals surface area contributed by atoms with E-state index in [2.05, 4.69) is 26.0 Å². The van der Waals surface area contributed by atoms with Crippen LogP contribution in [0.5, 0.6) is 5.75 Å². The first-order chi connectivity index (χ1) is 12.1. The van der Waals surface area contributed by atoms with Crippen LogP contribution in [-0.2, 0) is 6.42 Å². The molecule has 0 saturated heterocycles. The minimum atomic E-state index is -0.305. The maximum absolute atomic E-state index is 13.2. The average Bonchev–Trinajstić information content (AvgIpc) is 2.98. The first-order valence-corrected chi connectivity index (χ1v) is 9.30. The lowest BCUT2D eigenvalue weighted by atomic mass is 10.3. The van der Waals surface area contributed by atoms with Gasteiger partial charge in [0.2, 0.25) is 0 Å². The highest BCUT2D eigenvalue weighted by atomic mass is 32.1. The smallest absolute Gasteiger partial charge is 0.191 e. The zero-order chi connectivity index (χ0) is 18.1. The van der Waals surface area contributed by atoms with Crippen molar-refractivity contribution in [2.24, 2.45) is 4.99 Å². The molecule has 0 saturated carbocycles. The summed E-state index contributed by atoms with van der Waals surface area (Å²) in [6.45, 7) is 7.95. The van der Waals surface area contributed by atoms with Crippen LogP contribution < -0.4 is 15.4 Å². The standard InChI is InChI=1S/C18H25FN4OS/c1-4-20-18(21-9-8-16-12-25-14(3)23-16)22-11-13(2)24-17-7-5-6-15(19)10-17/h5-7,10,12-13H,4,8-9,11H2,1-3H3,(H2,20,21,22). The normalized spacial score (nSPS) is 12.7.